The third kappa shape index (κ3) is 24.9. The van der Waals surface area contributed by atoms with Gasteiger partial charge in [-0.15, -0.1) is 0 Å². The van der Waals surface area contributed by atoms with E-state index in [9.17, 15) is 9.90 Å². The van der Waals surface area contributed by atoms with E-state index in [1.807, 2.05) is 0 Å². The van der Waals surface area contributed by atoms with Crippen molar-refractivity contribution in [3.63, 3.8) is 0 Å². The normalized spacial score (nSPS) is 12.1. The van der Waals surface area contributed by atoms with Crippen LogP contribution in [-0.2, 0) is 4.79 Å². The molecule has 0 aromatic heterocycles. The Bertz CT molecular complexity index is 368. The molecule has 0 fully saturated rings. The van der Waals surface area contributed by atoms with Gasteiger partial charge in [0.25, 0.3) is 0 Å². The van der Waals surface area contributed by atoms with Gasteiger partial charge in [0.1, 0.15) is 0 Å². The molecule has 0 aromatic carbocycles. The predicted molar refractivity (Wildman–Crippen MR) is 139 cm³/mol. The number of nitrogens with zero attached hydrogens (tertiary/aromatic N) is 1. The third-order valence-electron chi connectivity index (χ3n) is 6.99. The molecular formula is C29H58LiNO2. The molecule has 33 heavy (non-hydrogen) atoms. The molecule has 0 bridgehead atoms. The van der Waals surface area contributed by atoms with Crippen molar-refractivity contribution in [3.05, 3.63) is 0 Å². The van der Waals surface area contributed by atoms with Crippen LogP contribution in [0, 0.1) is 0 Å². The molecule has 0 aromatic rings. The van der Waals surface area contributed by atoms with Crippen molar-refractivity contribution in [1.82, 2.24) is 4.90 Å². The molecule has 0 aliphatic heterocycles. The molecule has 3 nitrogen and oxygen atoms in total. The molecule has 0 rings (SSSR count). The van der Waals surface area contributed by atoms with Gasteiger partial charge in [0.05, 0.1) is 0 Å². The smallest absolute Gasteiger partial charge is 0.550 e. The van der Waals surface area contributed by atoms with Crippen LogP contribution in [0.25, 0.3) is 0 Å². The van der Waals surface area contributed by atoms with Crippen molar-refractivity contribution in [1.29, 1.82) is 0 Å². The van der Waals surface area contributed by atoms with E-state index in [-0.39, 0.29) is 31.3 Å². The van der Waals surface area contributed by atoms with Crippen LogP contribution in [0.15, 0.2) is 0 Å². The second-order valence-corrected chi connectivity index (χ2v) is 10.0. The Balaban J connectivity index is 0. The maximum atomic E-state index is 11.2. The number of unbranched alkanes of at least 4 members (excludes halogenated alkanes) is 18. The molecule has 0 amide bonds. The number of carboxylic acids is 1. The van der Waals surface area contributed by atoms with Crippen molar-refractivity contribution < 1.29 is 28.8 Å². The topological polar surface area (TPSA) is 43.4 Å². The summed E-state index contributed by atoms with van der Waals surface area (Å²) < 4.78 is 0. The van der Waals surface area contributed by atoms with E-state index in [2.05, 4.69) is 25.7 Å². The van der Waals surface area contributed by atoms with E-state index in [0.717, 1.165) is 19.5 Å². The molecule has 1 atom stereocenters. The Morgan fingerprint density at radius 1 is 0.576 bits per heavy atom. The minimum absolute atomic E-state index is 0. The molecule has 0 spiro atoms. The maximum absolute atomic E-state index is 11.2. The van der Waals surface area contributed by atoms with Crippen LogP contribution in [0.5, 0.6) is 0 Å². The quantitative estimate of drug-likeness (QED) is 0.134. The zero-order chi connectivity index (χ0) is 23.7. The summed E-state index contributed by atoms with van der Waals surface area (Å²) in [6.07, 6.45) is 28.1. The van der Waals surface area contributed by atoms with Gasteiger partial charge in [0.2, 0.25) is 0 Å². The third-order valence-corrected chi connectivity index (χ3v) is 6.99. The molecule has 0 heterocycles. The monoisotopic (exact) mass is 459 g/mol. The minimum Gasteiger partial charge on any atom is -0.550 e. The number of rotatable bonds is 26. The van der Waals surface area contributed by atoms with E-state index in [4.69, 9.17) is 0 Å². The summed E-state index contributed by atoms with van der Waals surface area (Å²) in [4.78, 5) is 13.7. The summed E-state index contributed by atoms with van der Waals surface area (Å²) in [5.41, 5.74) is 0. The molecule has 0 aliphatic carbocycles. The van der Waals surface area contributed by atoms with Gasteiger partial charge in [-0.2, -0.15) is 0 Å². The number of carbonyl (C=O) groups is 1. The van der Waals surface area contributed by atoms with Gasteiger partial charge < -0.3 is 14.8 Å². The van der Waals surface area contributed by atoms with Gasteiger partial charge in [-0.05, 0) is 32.4 Å². The number of hydrogen-bond acceptors (Lipinski definition) is 3. The van der Waals surface area contributed by atoms with Gasteiger partial charge in [-0.1, -0.05) is 136 Å². The number of carboxylic acid groups (broad SMARTS) is 1. The van der Waals surface area contributed by atoms with Crippen LogP contribution in [0.2, 0.25) is 0 Å². The summed E-state index contributed by atoms with van der Waals surface area (Å²) >= 11 is 0. The Hall–Kier alpha value is 0.0274. The zero-order valence-corrected chi connectivity index (χ0v) is 23.3. The summed E-state index contributed by atoms with van der Waals surface area (Å²) in [5.74, 6) is -0.895. The summed E-state index contributed by atoms with van der Waals surface area (Å²) in [7, 11) is 0. The van der Waals surface area contributed by atoms with Crippen LogP contribution in [0.1, 0.15) is 162 Å². The Kier molecular flexibility index (Phi) is 30.1. The maximum Gasteiger partial charge on any atom is 1.00 e. The van der Waals surface area contributed by atoms with Gasteiger partial charge in [0.15, 0.2) is 0 Å². The van der Waals surface area contributed by atoms with Gasteiger partial charge in [-0.3, -0.25) is 0 Å². The largest absolute Gasteiger partial charge is 1.00 e. The molecule has 0 radical (unpaired) electrons. The summed E-state index contributed by atoms with van der Waals surface area (Å²) in [6.45, 7) is 8.78. The van der Waals surface area contributed by atoms with Crippen LogP contribution in [-0.4, -0.2) is 30.0 Å². The Morgan fingerprint density at radius 3 is 1.15 bits per heavy atom. The van der Waals surface area contributed by atoms with Crippen molar-refractivity contribution >= 4 is 5.97 Å². The zero-order valence-electron chi connectivity index (χ0n) is 23.3. The first-order valence-electron chi connectivity index (χ1n) is 14.6. The predicted octanol–water partition coefficient (Wildman–Crippen LogP) is 5.05. The van der Waals surface area contributed by atoms with Gasteiger partial charge in [-0.25, -0.2) is 0 Å². The molecule has 0 N–H and O–H groups in total. The average molecular weight is 460 g/mol. The van der Waals surface area contributed by atoms with Gasteiger partial charge >= 0.3 is 18.9 Å². The Morgan fingerprint density at radius 2 is 0.879 bits per heavy atom. The molecule has 0 saturated heterocycles. The number of hydrogen-bond donors (Lipinski definition) is 0. The fraction of sp³-hybridized carbons (Fsp3) is 0.966. The van der Waals surface area contributed by atoms with Gasteiger partial charge in [0, 0.05) is 18.4 Å². The fourth-order valence-electron chi connectivity index (χ4n) is 4.81. The average Bonchev–Trinajstić information content (AvgIpc) is 2.78. The second-order valence-electron chi connectivity index (χ2n) is 10.0. The fourth-order valence-corrected chi connectivity index (χ4v) is 4.81. The van der Waals surface area contributed by atoms with Crippen molar-refractivity contribution in [3.8, 4) is 0 Å². The number of carbonyl (C=O) groups excluding carboxylic acids is 1. The molecular weight excluding hydrogens is 401 g/mol. The van der Waals surface area contributed by atoms with Crippen molar-refractivity contribution in [2.24, 2.45) is 0 Å². The molecule has 1 unspecified atom stereocenters. The van der Waals surface area contributed by atoms with E-state index in [0.29, 0.717) is 0 Å². The summed E-state index contributed by atoms with van der Waals surface area (Å²) in [5, 5.41) is 11.2. The first-order valence-corrected chi connectivity index (χ1v) is 14.6. The van der Waals surface area contributed by atoms with E-state index < -0.39 is 5.97 Å². The van der Waals surface area contributed by atoms with Crippen LogP contribution >= 0.6 is 0 Å². The standard InChI is InChI=1S/C29H59NO2.Li/c1-4-7-9-11-13-15-17-19-21-23-25-30(28(6-3)27-29(31)32)26-24-22-20-18-16-14-12-10-8-5-2;/h28H,4-27H2,1-3H3,(H,31,32);/q;+1/p-1. The SMILES string of the molecule is CCCCCCCCCCCCN(CCCCCCCCCCCC)C(CC)CC(=O)[O-].[Li+]. The first-order chi connectivity index (χ1) is 15.7. The van der Waals surface area contributed by atoms with E-state index in [1.165, 1.54) is 128 Å². The van der Waals surface area contributed by atoms with Crippen LogP contribution < -0.4 is 24.0 Å². The second kappa shape index (κ2) is 28.3. The van der Waals surface area contributed by atoms with E-state index in [1.54, 1.807) is 0 Å². The molecule has 0 saturated carbocycles. The molecule has 4 heteroatoms. The molecule has 192 valence electrons. The van der Waals surface area contributed by atoms with Crippen molar-refractivity contribution in [2.45, 2.75) is 168 Å². The summed E-state index contributed by atoms with van der Waals surface area (Å²) in [6, 6.07) is 0.150. The van der Waals surface area contributed by atoms with Crippen LogP contribution in [0.3, 0.4) is 0 Å². The first kappa shape index (κ1) is 35.2. The Labute approximate surface area is 220 Å². The van der Waals surface area contributed by atoms with Crippen molar-refractivity contribution in [2.75, 3.05) is 13.1 Å². The van der Waals surface area contributed by atoms with E-state index >= 15 is 0 Å². The minimum atomic E-state index is -0.895. The molecule has 0 aliphatic rings. The number of aliphatic carboxylic acids is 1. The van der Waals surface area contributed by atoms with Crippen LogP contribution in [0.4, 0.5) is 0 Å².